The van der Waals surface area contributed by atoms with Crippen LogP contribution in [0.3, 0.4) is 0 Å². The molecule has 0 bridgehead atoms. The van der Waals surface area contributed by atoms with Gasteiger partial charge in [-0.15, -0.1) is 0 Å². The van der Waals surface area contributed by atoms with Gasteiger partial charge in [0.25, 0.3) is 5.91 Å². The Morgan fingerprint density at radius 1 is 1.40 bits per heavy atom. The Hall–Kier alpha value is -1.36. The number of nitrogens with zero attached hydrogens (tertiary/aromatic N) is 3. The molecular weight excluding hydrogens is 252 g/mol. The SMILES string of the molecule is Cc1ncn(C)c1C(=O)NCC1(CN2CCCC2)CC1. The summed E-state index contributed by atoms with van der Waals surface area (Å²) in [4.78, 5) is 19.0. The zero-order valence-corrected chi connectivity index (χ0v) is 12.5. The minimum Gasteiger partial charge on any atom is -0.350 e. The maximum Gasteiger partial charge on any atom is 0.269 e. The third kappa shape index (κ3) is 2.73. The van der Waals surface area contributed by atoms with Crippen LogP contribution in [0.2, 0.25) is 0 Å². The van der Waals surface area contributed by atoms with Gasteiger partial charge >= 0.3 is 0 Å². The maximum absolute atomic E-state index is 12.3. The number of carbonyl (C=O) groups excluding carboxylic acids is 1. The average molecular weight is 276 g/mol. The van der Waals surface area contributed by atoms with Crippen LogP contribution in [0.4, 0.5) is 0 Å². The Bertz CT molecular complexity index is 478. The molecule has 5 heteroatoms. The topological polar surface area (TPSA) is 50.2 Å². The molecule has 3 rings (SSSR count). The molecule has 1 saturated carbocycles. The van der Waals surface area contributed by atoms with Gasteiger partial charge in [-0.2, -0.15) is 0 Å². The lowest BCUT2D eigenvalue weighted by atomic mass is 10.1. The van der Waals surface area contributed by atoms with Crippen LogP contribution < -0.4 is 5.32 Å². The van der Waals surface area contributed by atoms with Gasteiger partial charge in [-0.05, 0) is 45.7 Å². The van der Waals surface area contributed by atoms with Gasteiger partial charge in [0.2, 0.25) is 0 Å². The Kier molecular flexibility index (Phi) is 3.54. The molecule has 2 aliphatic rings. The van der Waals surface area contributed by atoms with Crippen molar-refractivity contribution in [3.05, 3.63) is 17.7 Å². The summed E-state index contributed by atoms with van der Waals surface area (Å²) in [5.41, 5.74) is 1.82. The largest absolute Gasteiger partial charge is 0.350 e. The number of hydrogen-bond donors (Lipinski definition) is 1. The minimum absolute atomic E-state index is 0.00944. The van der Waals surface area contributed by atoms with E-state index in [-0.39, 0.29) is 5.91 Å². The number of carbonyl (C=O) groups is 1. The zero-order valence-electron chi connectivity index (χ0n) is 12.5. The molecule has 2 heterocycles. The predicted octanol–water partition coefficient (Wildman–Crippen LogP) is 1.33. The van der Waals surface area contributed by atoms with Gasteiger partial charge in [-0.25, -0.2) is 4.98 Å². The van der Waals surface area contributed by atoms with Crippen LogP contribution in [0.15, 0.2) is 6.33 Å². The van der Waals surface area contributed by atoms with E-state index in [2.05, 4.69) is 15.2 Å². The second-order valence-corrected chi connectivity index (χ2v) is 6.46. The van der Waals surface area contributed by atoms with Crippen molar-refractivity contribution in [3.8, 4) is 0 Å². The van der Waals surface area contributed by atoms with Crippen LogP contribution in [-0.2, 0) is 7.05 Å². The van der Waals surface area contributed by atoms with E-state index in [9.17, 15) is 4.79 Å². The summed E-state index contributed by atoms with van der Waals surface area (Å²) in [6.45, 7) is 6.30. The number of likely N-dealkylation sites (tertiary alicyclic amines) is 1. The molecule has 0 radical (unpaired) electrons. The quantitative estimate of drug-likeness (QED) is 0.883. The first-order chi connectivity index (χ1) is 9.60. The monoisotopic (exact) mass is 276 g/mol. The molecule has 0 atom stereocenters. The third-order valence-corrected chi connectivity index (χ3v) is 4.67. The van der Waals surface area contributed by atoms with Crippen LogP contribution in [0.5, 0.6) is 0 Å². The minimum atomic E-state index is 0.00944. The molecule has 1 amide bonds. The molecular formula is C15H24N4O. The number of aromatic nitrogens is 2. The van der Waals surface area contributed by atoms with Crippen LogP contribution in [0.25, 0.3) is 0 Å². The van der Waals surface area contributed by atoms with Gasteiger partial charge in [0.15, 0.2) is 0 Å². The molecule has 1 aromatic heterocycles. The van der Waals surface area contributed by atoms with Gasteiger partial charge < -0.3 is 14.8 Å². The van der Waals surface area contributed by atoms with E-state index in [0.717, 1.165) is 18.8 Å². The molecule has 20 heavy (non-hydrogen) atoms. The summed E-state index contributed by atoms with van der Waals surface area (Å²) in [6.07, 6.45) is 6.84. The highest BCUT2D eigenvalue weighted by Crippen LogP contribution is 2.46. The fraction of sp³-hybridized carbons (Fsp3) is 0.733. The number of aryl methyl sites for hydroxylation is 2. The lowest BCUT2D eigenvalue weighted by Gasteiger charge is -2.23. The van der Waals surface area contributed by atoms with Crippen molar-refractivity contribution in [1.29, 1.82) is 0 Å². The summed E-state index contributed by atoms with van der Waals surface area (Å²) in [6, 6.07) is 0. The Labute approximate surface area is 120 Å². The average Bonchev–Trinajstić information content (AvgIpc) is 2.81. The smallest absolute Gasteiger partial charge is 0.269 e. The number of amides is 1. The van der Waals surface area contributed by atoms with Gasteiger partial charge in [0.1, 0.15) is 5.69 Å². The Balaban J connectivity index is 1.55. The second kappa shape index (κ2) is 5.20. The maximum atomic E-state index is 12.3. The number of nitrogens with one attached hydrogen (secondary N) is 1. The van der Waals surface area contributed by atoms with E-state index in [1.165, 1.54) is 38.8 Å². The van der Waals surface area contributed by atoms with E-state index in [1.807, 2.05) is 14.0 Å². The summed E-state index contributed by atoms with van der Waals surface area (Å²) in [5, 5.41) is 3.12. The number of imidazole rings is 1. The Morgan fingerprint density at radius 2 is 2.10 bits per heavy atom. The van der Waals surface area contributed by atoms with Crippen molar-refractivity contribution in [2.45, 2.75) is 32.6 Å². The fourth-order valence-corrected chi connectivity index (χ4v) is 3.21. The molecule has 1 saturated heterocycles. The van der Waals surface area contributed by atoms with Crippen molar-refractivity contribution < 1.29 is 4.79 Å². The van der Waals surface area contributed by atoms with Crippen LogP contribution >= 0.6 is 0 Å². The van der Waals surface area contributed by atoms with Crippen LogP contribution in [0.1, 0.15) is 41.9 Å². The molecule has 1 aromatic rings. The summed E-state index contributed by atoms with van der Waals surface area (Å²) in [7, 11) is 1.87. The molecule has 0 spiro atoms. The number of hydrogen-bond acceptors (Lipinski definition) is 3. The first-order valence-corrected chi connectivity index (χ1v) is 7.58. The van der Waals surface area contributed by atoms with Crippen molar-refractivity contribution in [1.82, 2.24) is 19.8 Å². The van der Waals surface area contributed by atoms with Crippen molar-refractivity contribution >= 4 is 5.91 Å². The highest BCUT2D eigenvalue weighted by Gasteiger charge is 2.44. The normalized spacial score (nSPS) is 21.1. The van der Waals surface area contributed by atoms with Crippen molar-refractivity contribution in [2.24, 2.45) is 12.5 Å². The highest BCUT2D eigenvalue weighted by atomic mass is 16.2. The van der Waals surface area contributed by atoms with Crippen LogP contribution in [-0.4, -0.2) is 46.5 Å². The summed E-state index contributed by atoms with van der Waals surface area (Å²) >= 11 is 0. The van der Waals surface area contributed by atoms with E-state index in [1.54, 1.807) is 10.9 Å². The molecule has 1 N–H and O–H groups in total. The fourth-order valence-electron chi connectivity index (χ4n) is 3.21. The molecule has 2 fully saturated rings. The molecule has 1 aliphatic heterocycles. The summed E-state index contributed by atoms with van der Waals surface area (Å²) in [5.74, 6) is 0.00944. The third-order valence-electron chi connectivity index (χ3n) is 4.67. The summed E-state index contributed by atoms with van der Waals surface area (Å²) < 4.78 is 1.80. The molecule has 5 nitrogen and oxygen atoms in total. The molecule has 110 valence electrons. The number of rotatable bonds is 5. The zero-order chi connectivity index (χ0) is 14.2. The molecule has 0 aromatic carbocycles. The van der Waals surface area contributed by atoms with E-state index in [4.69, 9.17) is 0 Å². The molecule has 1 aliphatic carbocycles. The lowest BCUT2D eigenvalue weighted by molar-refractivity contribution is 0.0931. The van der Waals surface area contributed by atoms with Gasteiger partial charge in [-0.1, -0.05) is 0 Å². The second-order valence-electron chi connectivity index (χ2n) is 6.46. The first-order valence-electron chi connectivity index (χ1n) is 7.58. The van der Waals surface area contributed by atoms with Gasteiger partial charge in [-0.3, -0.25) is 4.79 Å². The lowest BCUT2D eigenvalue weighted by Crippen LogP contribution is -2.37. The highest BCUT2D eigenvalue weighted by molar-refractivity contribution is 5.93. The van der Waals surface area contributed by atoms with Crippen molar-refractivity contribution in [2.75, 3.05) is 26.2 Å². The standard InChI is InChI=1S/C15H24N4O/c1-12-13(18(2)11-17-12)14(20)16-9-15(5-6-15)10-19-7-3-4-8-19/h11H,3-10H2,1-2H3,(H,16,20). The molecule has 0 unspecified atom stereocenters. The Morgan fingerprint density at radius 3 is 2.65 bits per heavy atom. The van der Waals surface area contributed by atoms with Gasteiger partial charge in [0.05, 0.1) is 12.0 Å². The van der Waals surface area contributed by atoms with E-state index >= 15 is 0 Å². The predicted molar refractivity (Wildman–Crippen MR) is 77.6 cm³/mol. The van der Waals surface area contributed by atoms with Crippen LogP contribution in [0, 0.1) is 12.3 Å². The van der Waals surface area contributed by atoms with E-state index in [0.29, 0.717) is 11.1 Å². The van der Waals surface area contributed by atoms with Gasteiger partial charge in [0, 0.05) is 25.6 Å². The van der Waals surface area contributed by atoms with E-state index < -0.39 is 0 Å². The van der Waals surface area contributed by atoms with Crippen molar-refractivity contribution in [3.63, 3.8) is 0 Å². The first kappa shape index (κ1) is 13.6.